The number of aliphatic hydroxyl groups is 1. The molecule has 3 N–H and O–H groups in total. The van der Waals surface area contributed by atoms with Crippen LogP contribution in [0.15, 0.2) is 0 Å². The van der Waals surface area contributed by atoms with E-state index < -0.39 is 0 Å². The molecule has 0 aromatic carbocycles. The third kappa shape index (κ3) is 1.86. The van der Waals surface area contributed by atoms with Crippen LogP contribution in [-0.2, 0) is 7.05 Å². The van der Waals surface area contributed by atoms with Gasteiger partial charge < -0.3 is 15.7 Å². The van der Waals surface area contributed by atoms with Crippen molar-refractivity contribution in [2.45, 2.75) is 26.3 Å². The third-order valence-electron chi connectivity index (χ3n) is 3.80. The zero-order valence-electron chi connectivity index (χ0n) is 11.1. The number of aromatic nitrogens is 2. The summed E-state index contributed by atoms with van der Waals surface area (Å²) in [6.45, 7) is 4.48. The van der Waals surface area contributed by atoms with E-state index in [1.54, 1.807) is 18.9 Å². The lowest BCUT2D eigenvalue weighted by molar-refractivity contribution is 0.0638. The first-order valence-electron chi connectivity index (χ1n) is 6.18. The molecule has 1 saturated heterocycles. The number of carbonyl (C=O) groups is 1. The maximum atomic E-state index is 12.5. The number of nitrogens with zero attached hydrogens (tertiary/aromatic N) is 3. The summed E-state index contributed by atoms with van der Waals surface area (Å²) in [5.74, 6) is 0.175. The number of nitrogen functional groups attached to an aromatic ring is 1. The van der Waals surface area contributed by atoms with Crippen LogP contribution >= 0.6 is 0 Å². The molecule has 1 aromatic heterocycles. The smallest absolute Gasteiger partial charge is 0.274 e. The molecule has 1 aromatic rings. The summed E-state index contributed by atoms with van der Waals surface area (Å²) in [7, 11) is 1.71. The van der Waals surface area contributed by atoms with Crippen LogP contribution < -0.4 is 5.73 Å². The van der Waals surface area contributed by atoms with Gasteiger partial charge in [-0.1, -0.05) is 6.92 Å². The Hall–Kier alpha value is -1.56. The van der Waals surface area contributed by atoms with E-state index in [1.807, 2.05) is 6.92 Å². The highest BCUT2D eigenvalue weighted by Gasteiger charge is 2.36. The average molecular weight is 252 g/mol. The average Bonchev–Trinajstić information content (AvgIpc) is 2.80. The summed E-state index contributed by atoms with van der Waals surface area (Å²) in [6, 6.07) is -0.118. The molecular formula is C12H20N4O2. The van der Waals surface area contributed by atoms with Gasteiger partial charge in [0.1, 0.15) is 5.69 Å². The van der Waals surface area contributed by atoms with Crippen molar-refractivity contribution in [2.24, 2.45) is 13.0 Å². The minimum absolute atomic E-state index is 0.0103. The van der Waals surface area contributed by atoms with Crippen molar-refractivity contribution in [3.05, 3.63) is 11.4 Å². The van der Waals surface area contributed by atoms with Crippen molar-refractivity contribution < 1.29 is 9.90 Å². The van der Waals surface area contributed by atoms with E-state index in [0.717, 1.165) is 6.42 Å². The van der Waals surface area contributed by atoms with Crippen LogP contribution in [0, 0.1) is 12.8 Å². The second-order valence-corrected chi connectivity index (χ2v) is 4.99. The molecule has 2 rings (SSSR count). The summed E-state index contributed by atoms with van der Waals surface area (Å²) in [4.78, 5) is 14.2. The largest absolute Gasteiger partial charge is 0.395 e. The lowest BCUT2D eigenvalue weighted by atomic mass is 10.0. The van der Waals surface area contributed by atoms with Crippen LogP contribution in [-0.4, -0.2) is 44.9 Å². The van der Waals surface area contributed by atoms with Crippen molar-refractivity contribution in [3.63, 3.8) is 0 Å². The van der Waals surface area contributed by atoms with Gasteiger partial charge in [0.25, 0.3) is 5.91 Å². The number of aliphatic hydroxyl groups excluding tert-OH is 1. The van der Waals surface area contributed by atoms with E-state index in [-0.39, 0.29) is 18.6 Å². The SMILES string of the molecule is Cc1nn(C)c(C(=O)N2CCC(C)C2CO)c1N. The number of nitrogens with two attached hydrogens (primary N) is 1. The molecule has 18 heavy (non-hydrogen) atoms. The first-order chi connectivity index (χ1) is 8.47. The summed E-state index contributed by atoms with van der Waals surface area (Å²) >= 11 is 0. The van der Waals surface area contributed by atoms with Crippen molar-refractivity contribution in [1.82, 2.24) is 14.7 Å². The molecule has 2 unspecified atom stereocenters. The highest BCUT2D eigenvalue weighted by molar-refractivity contribution is 5.98. The summed E-state index contributed by atoms with van der Waals surface area (Å²) < 4.78 is 1.52. The molecule has 1 aliphatic rings. The number of amides is 1. The Balaban J connectivity index is 2.32. The lowest BCUT2D eigenvalue weighted by Gasteiger charge is -2.25. The number of likely N-dealkylation sites (tertiary alicyclic amines) is 1. The van der Waals surface area contributed by atoms with Gasteiger partial charge in [-0.15, -0.1) is 0 Å². The normalized spacial score (nSPS) is 23.7. The standard InChI is InChI=1S/C12H20N4O2/c1-7-4-5-16(9(7)6-17)12(18)11-10(13)8(2)14-15(11)3/h7,9,17H,4-6,13H2,1-3H3. The molecule has 2 atom stereocenters. The fourth-order valence-electron chi connectivity index (χ4n) is 2.60. The summed E-state index contributed by atoms with van der Waals surface area (Å²) in [6.07, 6.45) is 0.910. The Kier molecular flexibility index (Phi) is 3.30. The van der Waals surface area contributed by atoms with Gasteiger partial charge in [-0.2, -0.15) is 5.10 Å². The maximum absolute atomic E-state index is 12.5. The minimum atomic E-state index is -0.140. The Morgan fingerprint density at radius 1 is 1.61 bits per heavy atom. The number of aryl methyl sites for hydroxylation is 2. The van der Waals surface area contributed by atoms with E-state index in [4.69, 9.17) is 5.73 Å². The van der Waals surface area contributed by atoms with Crippen LogP contribution in [0.4, 0.5) is 5.69 Å². The van der Waals surface area contributed by atoms with Gasteiger partial charge in [-0.05, 0) is 19.3 Å². The molecule has 0 spiro atoms. The number of anilines is 1. The van der Waals surface area contributed by atoms with Gasteiger partial charge in [-0.3, -0.25) is 9.48 Å². The second kappa shape index (κ2) is 4.61. The van der Waals surface area contributed by atoms with Crippen molar-refractivity contribution in [2.75, 3.05) is 18.9 Å². The van der Waals surface area contributed by atoms with Gasteiger partial charge in [0, 0.05) is 13.6 Å². The van der Waals surface area contributed by atoms with Crippen molar-refractivity contribution in [3.8, 4) is 0 Å². The van der Waals surface area contributed by atoms with Gasteiger partial charge >= 0.3 is 0 Å². The summed E-state index contributed by atoms with van der Waals surface area (Å²) in [5.41, 5.74) is 7.41. The number of hydrogen-bond acceptors (Lipinski definition) is 4. The van der Waals surface area contributed by atoms with Crippen LogP contribution in [0.25, 0.3) is 0 Å². The zero-order chi connectivity index (χ0) is 13.4. The van der Waals surface area contributed by atoms with Crippen LogP contribution in [0.3, 0.4) is 0 Å². The topological polar surface area (TPSA) is 84.4 Å². The van der Waals surface area contributed by atoms with E-state index in [2.05, 4.69) is 5.10 Å². The zero-order valence-corrected chi connectivity index (χ0v) is 11.1. The number of hydrogen-bond donors (Lipinski definition) is 2. The van der Waals surface area contributed by atoms with Gasteiger partial charge in [0.2, 0.25) is 0 Å². The van der Waals surface area contributed by atoms with E-state index in [0.29, 0.717) is 29.5 Å². The van der Waals surface area contributed by atoms with E-state index >= 15 is 0 Å². The molecular weight excluding hydrogens is 232 g/mol. The van der Waals surface area contributed by atoms with E-state index in [1.165, 1.54) is 4.68 Å². The third-order valence-corrected chi connectivity index (χ3v) is 3.80. The van der Waals surface area contributed by atoms with Crippen LogP contribution in [0.5, 0.6) is 0 Å². The predicted octanol–water partition coefficient (Wildman–Crippen LogP) is 0.154. The lowest BCUT2D eigenvalue weighted by Crippen LogP contribution is -2.40. The molecule has 0 aliphatic carbocycles. The number of carbonyl (C=O) groups excluding carboxylic acids is 1. The predicted molar refractivity (Wildman–Crippen MR) is 68.0 cm³/mol. The highest BCUT2D eigenvalue weighted by atomic mass is 16.3. The second-order valence-electron chi connectivity index (χ2n) is 4.99. The van der Waals surface area contributed by atoms with Crippen molar-refractivity contribution >= 4 is 11.6 Å². The quantitative estimate of drug-likeness (QED) is 0.785. The molecule has 0 bridgehead atoms. The Labute approximate surface area is 106 Å². The molecule has 6 nitrogen and oxygen atoms in total. The maximum Gasteiger partial charge on any atom is 0.274 e. The molecule has 1 amide bonds. The van der Waals surface area contributed by atoms with Gasteiger partial charge in [-0.25, -0.2) is 0 Å². The van der Waals surface area contributed by atoms with Gasteiger partial charge in [0.15, 0.2) is 0 Å². The molecule has 1 aliphatic heterocycles. The van der Waals surface area contributed by atoms with Gasteiger partial charge in [0.05, 0.1) is 24.0 Å². The molecule has 1 fully saturated rings. The Morgan fingerprint density at radius 3 is 2.78 bits per heavy atom. The van der Waals surface area contributed by atoms with E-state index in [9.17, 15) is 9.90 Å². The first-order valence-corrected chi connectivity index (χ1v) is 6.18. The minimum Gasteiger partial charge on any atom is -0.395 e. The molecule has 6 heteroatoms. The van der Waals surface area contributed by atoms with Crippen LogP contribution in [0.2, 0.25) is 0 Å². The summed E-state index contributed by atoms with van der Waals surface area (Å²) in [5, 5.41) is 13.6. The fourth-order valence-corrected chi connectivity index (χ4v) is 2.60. The monoisotopic (exact) mass is 252 g/mol. The molecule has 0 saturated carbocycles. The highest BCUT2D eigenvalue weighted by Crippen LogP contribution is 2.27. The van der Waals surface area contributed by atoms with Crippen LogP contribution in [0.1, 0.15) is 29.5 Å². The number of rotatable bonds is 2. The molecule has 0 radical (unpaired) electrons. The Bertz CT molecular complexity index is 469. The first kappa shape index (κ1) is 12.9. The molecule has 2 heterocycles. The van der Waals surface area contributed by atoms with Crippen molar-refractivity contribution in [1.29, 1.82) is 0 Å². The fraction of sp³-hybridized carbons (Fsp3) is 0.667. The Morgan fingerprint density at radius 2 is 2.28 bits per heavy atom. The molecule has 100 valence electrons.